The van der Waals surface area contributed by atoms with Crippen molar-refractivity contribution < 1.29 is 9.94 Å². The van der Waals surface area contributed by atoms with E-state index < -0.39 is 0 Å². The molecule has 6 heteroatoms. The second-order valence-electron chi connectivity index (χ2n) is 4.16. The summed E-state index contributed by atoms with van der Waals surface area (Å²) in [6.07, 6.45) is 0. The fraction of sp³-hybridized carbons (Fsp3) is 0.0714. The molecule has 0 aromatic heterocycles. The van der Waals surface area contributed by atoms with E-state index in [1.165, 1.54) is 0 Å². The molecule has 2 aromatic carbocycles. The first-order valence-electron chi connectivity index (χ1n) is 5.72. The number of oxime groups is 1. The number of amidine groups is 1. The van der Waals surface area contributed by atoms with Crippen molar-refractivity contribution in [1.82, 2.24) is 0 Å². The lowest BCUT2D eigenvalue weighted by molar-refractivity contribution is 0.318. The molecule has 3 N–H and O–H groups in total. The zero-order valence-corrected chi connectivity index (χ0v) is 12.9. The maximum atomic E-state index is 8.67. The summed E-state index contributed by atoms with van der Waals surface area (Å²) in [4.78, 5) is 0. The van der Waals surface area contributed by atoms with E-state index in [4.69, 9.17) is 27.3 Å². The number of nitrogens with zero attached hydrogens (tertiary/aromatic N) is 1. The van der Waals surface area contributed by atoms with Crippen LogP contribution in [0.2, 0.25) is 5.02 Å². The molecule has 4 nitrogen and oxygen atoms in total. The fourth-order valence-electron chi connectivity index (χ4n) is 1.64. The quantitative estimate of drug-likeness (QED) is 0.373. The van der Waals surface area contributed by atoms with Crippen LogP contribution in [0.3, 0.4) is 0 Å². The van der Waals surface area contributed by atoms with Crippen molar-refractivity contribution in [3.8, 4) is 11.5 Å². The van der Waals surface area contributed by atoms with E-state index in [9.17, 15) is 0 Å². The van der Waals surface area contributed by atoms with Gasteiger partial charge in [-0.3, -0.25) is 0 Å². The third-order valence-corrected chi connectivity index (χ3v) is 3.59. The van der Waals surface area contributed by atoms with Crippen molar-refractivity contribution in [2.45, 2.75) is 6.92 Å². The summed E-state index contributed by atoms with van der Waals surface area (Å²) < 4.78 is 6.37. The molecule has 0 fully saturated rings. The van der Waals surface area contributed by atoms with Gasteiger partial charge in [0.1, 0.15) is 11.5 Å². The number of rotatable bonds is 3. The van der Waals surface area contributed by atoms with Gasteiger partial charge in [0, 0.05) is 10.0 Å². The lowest BCUT2D eigenvalue weighted by atomic mass is 10.2. The van der Waals surface area contributed by atoms with Crippen LogP contribution in [0.25, 0.3) is 0 Å². The van der Waals surface area contributed by atoms with Crippen LogP contribution >= 0.6 is 27.5 Å². The molecule has 0 radical (unpaired) electrons. The highest BCUT2D eigenvalue weighted by Crippen LogP contribution is 2.32. The Kier molecular flexibility index (Phi) is 4.52. The summed E-state index contributed by atoms with van der Waals surface area (Å²) in [5.74, 6) is 1.19. The SMILES string of the molecule is Cc1ccc(Oc2ccc(/C(N)=N/O)c(Br)c2)c(Cl)c1. The zero-order valence-electron chi connectivity index (χ0n) is 10.6. The molecule has 0 atom stereocenters. The van der Waals surface area contributed by atoms with Gasteiger partial charge in [0.2, 0.25) is 0 Å². The number of benzene rings is 2. The number of halogens is 2. The number of hydrogen-bond donors (Lipinski definition) is 2. The fourth-order valence-corrected chi connectivity index (χ4v) is 2.47. The normalized spacial score (nSPS) is 11.4. The minimum Gasteiger partial charge on any atom is -0.456 e. The molecule has 20 heavy (non-hydrogen) atoms. The first-order valence-corrected chi connectivity index (χ1v) is 6.90. The first-order chi connectivity index (χ1) is 9.51. The summed E-state index contributed by atoms with van der Waals surface area (Å²) in [5.41, 5.74) is 7.19. The Bertz CT molecular complexity index is 674. The largest absolute Gasteiger partial charge is 0.456 e. The standard InChI is InChI=1S/C14H12BrClN2O2/c1-8-2-5-13(12(16)6-8)20-9-3-4-10(11(15)7-9)14(17)18-19/h2-7,19H,1H3,(H2,17,18). The van der Waals surface area contributed by atoms with Crippen LogP contribution < -0.4 is 10.5 Å². The zero-order chi connectivity index (χ0) is 14.7. The lowest BCUT2D eigenvalue weighted by Gasteiger charge is -2.10. The number of ether oxygens (including phenoxy) is 1. The molecule has 2 rings (SSSR count). The highest BCUT2D eigenvalue weighted by atomic mass is 79.9. The molecule has 0 amide bonds. The van der Waals surface area contributed by atoms with Crippen molar-refractivity contribution >= 4 is 33.4 Å². The highest BCUT2D eigenvalue weighted by molar-refractivity contribution is 9.10. The molecule has 2 aromatic rings. The Labute approximate surface area is 129 Å². The van der Waals surface area contributed by atoms with Crippen LogP contribution in [0.4, 0.5) is 0 Å². The predicted molar refractivity (Wildman–Crippen MR) is 82.9 cm³/mol. The molecule has 0 unspecified atom stereocenters. The van der Waals surface area contributed by atoms with Crippen LogP contribution in [0, 0.1) is 6.92 Å². The molecule has 0 saturated carbocycles. The molecule has 0 heterocycles. The van der Waals surface area contributed by atoms with Crippen LogP contribution in [0.1, 0.15) is 11.1 Å². The molecule has 0 aliphatic carbocycles. The second-order valence-corrected chi connectivity index (χ2v) is 5.42. The van der Waals surface area contributed by atoms with E-state index in [2.05, 4.69) is 21.1 Å². The van der Waals surface area contributed by atoms with Crippen molar-refractivity contribution in [2.24, 2.45) is 10.9 Å². The molecule has 104 valence electrons. The van der Waals surface area contributed by atoms with Crippen molar-refractivity contribution in [3.63, 3.8) is 0 Å². The molecular formula is C14H12BrClN2O2. The Balaban J connectivity index is 2.29. The van der Waals surface area contributed by atoms with Gasteiger partial charge in [0.15, 0.2) is 5.84 Å². The van der Waals surface area contributed by atoms with E-state index >= 15 is 0 Å². The molecule has 0 aliphatic heterocycles. The minimum atomic E-state index is 0.0248. The lowest BCUT2D eigenvalue weighted by Crippen LogP contribution is -2.13. The summed E-state index contributed by atoms with van der Waals surface area (Å²) in [7, 11) is 0. The van der Waals surface area contributed by atoms with Crippen LogP contribution in [-0.2, 0) is 0 Å². The topological polar surface area (TPSA) is 67.8 Å². The van der Waals surface area contributed by atoms with Gasteiger partial charge in [0.05, 0.1) is 5.02 Å². The van der Waals surface area contributed by atoms with E-state index in [0.29, 0.717) is 26.6 Å². The molecular weight excluding hydrogens is 344 g/mol. The van der Waals surface area contributed by atoms with Crippen LogP contribution in [-0.4, -0.2) is 11.0 Å². The smallest absolute Gasteiger partial charge is 0.171 e. The highest BCUT2D eigenvalue weighted by Gasteiger charge is 2.08. The maximum absolute atomic E-state index is 8.67. The number of hydrogen-bond acceptors (Lipinski definition) is 3. The van der Waals surface area contributed by atoms with Gasteiger partial charge >= 0.3 is 0 Å². The van der Waals surface area contributed by atoms with Crippen LogP contribution in [0.5, 0.6) is 11.5 Å². The summed E-state index contributed by atoms with van der Waals surface area (Å²) in [5, 5.41) is 12.2. The van der Waals surface area contributed by atoms with Gasteiger partial charge < -0.3 is 15.7 Å². The Morgan fingerprint density at radius 2 is 2.05 bits per heavy atom. The van der Waals surface area contributed by atoms with Crippen molar-refractivity contribution in [1.29, 1.82) is 0 Å². The molecule has 0 bridgehead atoms. The Morgan fingerprint density at radius 3 is 2.65 bits per heavy atom. The van der Waals surface area contributed by atoms with E-state index in [-0.39, 0.29) is 5.84 Å². The molecule has 0 saturated heterocycles. The average molecular weight is 356 g/mol. The van der Waals surface area contributed by atoms with Crippen molar-refractivity contribution in [2.75, 3.05) is 0 Å². The number of aryl methyl sites for hydroxylation is 1. The van der Waals surface area contributed by atoms with Gasteiger partial charge in [0.25, 0.3) is 0 Å². The minimum absolute atomic E-state index is 0.0248. The van der Waals surface area contributed by atoms with Gasteiger partial charge in [-0.25, -0.2) is 0 Å². The van der Waals surface area contributed by atoms with E-state index in [1.807, 2.05) is 25.1 Å². The maximum Gasteiger partial charge on any atom is 0.171 e. The molecule has 0 spiro atoms. The monoisotopic (exact) mass is 354 g/mol. The molecule has 0 aliphatic rings. The van der Waals surface area contributed by atoms with E-state index in [0.717, 1.165) is 5.56 Å². The Hall–Kier alpha value is -1.72. The van der Waals surface area contributed by atoms with Gasteiger partial charge in [-0.15, -0.1) is 0 Å². The van der Waals surface area contributed by atoms with Crippen LogP contribution in [0.15, 0.2) is 46.0 Å². The Morgan fingerprint density at radius 1 is 1.30 bits per heavy atom. The first kappa shape index (κ1) is 14.7. The van der Waals surface area contributed by atoms with Gasteiger partial charge in [-0.2, -0.15) is 0 Å². The van der Waals surface area contributed by atoms with Gasteiger partial charge in [-0.1, -0.05) is 22.8 Å². The third kappa shape index (κ3) is 3.23. The number of nitrogens with two attached hydrogens (primary N) is 1. The van der Waals surface area contributed by atoms with E-state index in [1.54, 1.807) is 18.2 Å². The predicted octanol–water partition coefficient (Wildman–Crippen LogP) is 4.30. The van der Waals surface area contributed by atoms with Crippen molar-refractivity contribution in [3.05, 3.63) is 57.0 Å². The summed E-state index contributed by atoms with van der Waals surface area (Å²) in [6.45, 7) is 1.96. The summed E-state index contributed by atoms with van der Waals surface area (Å²) >= 11 is 9.46. The summed E-state index contributed by atoms with van der Waals surface area (Å²) in [6, 6.07) is 10.7. The third-order valence-electron chi connectivity index (χ3n) is 2.64. The average Bonchev–Trinajstić information content (AvgIpc) is 2.41. The van der Waals surface area contributed by atoms with Gasteiger partial charge in [-0.05, 0) is 58.7 Å². The second kappa shape index (κ2) is 6.15.